The molecule has 1 fully saturated rings. The molecule has 4 amide bonds. The summed E-state index contributed by atoms with van der Waals surface area (Å²) in [4.78, 5) is 67.4. The lowest BCUT2D eigenvalue weighted by Crippen LogP contribution is -2.61. The van der Waals surface area contributed by atoms with E-state index in [-0.39, 0.29) is 36.4 Å². The molecule has 0 aliphatic carbocycles. The molecule has 11 N–H and O–H groups in total. The number of carboxylic acids is 1. The van der Waals surface area contributed by atoms with E-state index < -0.39 is 78.1 Å². The van der Waals surface area contributed by atoms with Crippen molar-refractivity contribution in [2.45, 2.75) is 120 Å². The van der Waals surface area contributed by atoms with Gasteiger partial charge in [-0.1, -0.05) is 63.3 Å². The summed E-state index contributed by atoms with van der Waals surface area (Å²) in [5.74, 6) is -5.32. The third-order valence-corrected chi connectivity index (χ3v) is 9.32. The van der Waals surface area contributed by atoms with E-state index in [4.69, 9.17) is 5.73 Å². The van der Waals surface area contributed by atoms with Gasteiger partial charge in [-0.15, -0.1) is 0 Å². The van der Waals surface area contributed by atoms with E-state index in [9.17, 15) is 54.6 Å². The van der Waals surface area contributed by atoms with Gasteiger partial charge in [0, 0.05) is 19.0 Å². The Hall–Kier alpha value is -4.77. The van der Waals surface area contributed by atoms with Crippen molar-refractivity contribution in [1.29, 1.82) is 0 Å². The minimum Gasteiger partial charge on any atom is -0.508 e. The number of carbonyl (C=O) groups is 5. The normalized spacial score (nSPS) is 18.2. The summed E-state index contributed by atoms with van der Waals surface area (Å²) >= 11 is 0. The van der Waals surface area contributed by atoms with Crippen molar-refractivity contribution in [2.24, 2.45) is 5.73 Å². The van der Waals surface area contributed by atoms with Gasteiger partial charge < -0.3 is 57.2 Å². The SMILES string of the molecule is CCCCCCCC(N)C(O)C(=O)NC(C(=O)N1CCCC1C(=O)NC(C(=O)NC(Cc1ccc(O)cc1)C(=O)O)C(O)c1ccc(O)cc1)C(C)O. The third-order valence-electron chi connectivity index (χ3n) is 9.32. The largest absolute Gasteiger partial charge is 0.508 e. The van der Waals surface area contributed by atoms with Crippen LogP contribution in [0.3, 0.4) is 0 Å². The first-order valence-electron chi connectivity index (χ1n) is 18.0. The zero-order valence-electron chi connectivity index (χ0n) is 30.1. The molecule has 1 aliphatic heterocycles. The van der Waals surface area contributed by atoms with Crippen LogP contribution in [0.4, 0.5) is 0 Å². The summed E-state index contributed by atoms with van der Waals surface area (Å²) in [6, 6.07) is 3.80. The Balaban J connectivity index is 1.78. The number of benzene rings is 2. The molecule has 16 nitrogen and oxygen atoms in total. The van der Waals surface area contributed by atoms with Crippen molar-refractivity contribution in [1.82, 2.24) is 20.9 Å². The Labute approximate surface area is 308 Å². The smallest absolute Gasteiger partial charge is 0.326 e. The van der Waals surface area contributed by atoms with Crippen LogP contribution in [0, 0.1) is 0 Å². The Morgan fingerprint density at radius 2 is 1.43 bits per heavy atom. The van der Waals surface area contributed by atoms with Gasteiger partial charge in [-0.3, -0.25) is 19.2 Å². The molecule has 3 rings (SSSR count). The zero-order valence-corrected chi connectivity index (χ0v) is 30.1. The number of aliphatic carboxylic acids is 1. The van der Waals surface area contributed by atoms with Gasteiger partial charge in [0.05, 0.1) is 6.10 Å². The molecule has 2 aromatic carbocycles. The number of hydrogen-bond acceptors (Lipinski definition) is 11. The van der Waals surface area contributed by atoms with Gasteiger partial charge in [-0.25, -0.2) is 4.79 Å². The van der Waals surface area contributed by atoms with E-state index >= 15 is 0 Å². The minimum atomic E-state index is -1.78. The van der Waals surface area contributed by atoms with E-state index in [1.165, 1.54) is 55.5 Å². The van der Waals surface area contributed by atoms with Crippen molar-refractivity contribution in [3.05, 3.63) is 59.7 Å². The number of aliphatic hydroxyl groups excluding tert-OH is 3. The molecule has 53 heavy (non-hydrogen) atoms. The highest BCUT2D eigenvalue weighted by Crippen LogP contribution is 2.24. The molecule has 16 heteroatoms. The lowest BCUT2D eigenvalue weighted by atomic mass is 9.99. The molecule has 292 valence electrons. The average molecular weight is 744 g/mol. The number of nitrogens with two attached hydrogens (primary N) is 1. The summed E-state index contributed by atoms with van der Waals surface area (Å²) in [5.41, 5.74) is 6.62. The summed E-state index contributed by atoms with van der Waals surface area (Å²) in [5, 5.41) is 68.8. The summed E-state index contributed by atoms with van der Waals surface area (Å²) in [7, 11) is 0. The summed E-state index contributed by atoms with van der Waals surface area (Å²) in [6.07, 6.45) is 0.485. The molecule has 0 radical (unpaired) electrons. The number of aliphatic hydroxyl groups is 3. The van der Waals surface area contributed by atoms with Gasteiger partial charge in [0.15, 0.2) is 0 Å². The van der Waals surface area contributed by atoms with Gasteiger partial charge >= 0.3 is 5.97 Å². The second-order valence-corrected chi connectivity index (χ2v) is 13.5. The average Bonchev–Trinajstić information content (AvgIpc) is 3.63. The second-order valence-electron chi connectivity index (χ2n) is 13.5. The number of carbonyl (C=O) groups excluding carboxylic acids is 4. The zero-order chi connectivity index (χ0) is 39.2. The monoisotopic (exact) mass is 743 g/mol. The lowest BCUT2D eigenvalue weighted by molar-refractivity contribution is -0.146. The summed E-state index contributed by atoms with van der Waals surface area (Å²) < 4.78 is 0. The number of aromatic hydroxyl groups is 2. The van der Waals surface area contributed by atoms with Gasteiger partial charge in [0.2, 0.25) is 17.7 Å². The summed E-state index contributed by atoms with van der Waals surface area (Å²) in [6.45, 7) is 3.39. The third kappa shape index (κ3) is 12.4. The number of nitrogens with one attached hydrogen (secondary N) is 3. The highest BCUT2D eigenvalue weighted by atomic mass is 16.4. The highest BCUT2D eigenvalue weighted by molar-refractivity contribution is 5.96. The number of carboxylic acid groups (broad SMARTS) is 1. The van der Waals surface area contributed by atoms with Crippen molar-refractivity contribution < 1.29 is 54.6 Å². The number of rotatable bonds is 20. The number of phenolic OH excluding ortho intramolecular Hbond substituents is 2. The quantitative estimate of drug-likeness (QED) is 0.0823. The van der Waals surface area contributed by atoms with E-state index in [1.807, 2.05) is 0 Å². The van der Waals surface area contributed by atoms with Crippen LogP contribution in [0.2, 0.25) is 0 Å². The highest BCUT2D eigenvalue weighted by Gasteiger charge is 2.42. The van der Waals surface area contributed by atoms with E-state index in [0.717, 1.165) is 30.6 Å². The first-order valence-corrected chi connectivity index (χ1v) is 18.0. The fraction of sp³-hybridized carbons (Fsp3) is 0.541. The fourth-order valence-corrected chi connectivity index (χ4v) is 6.18. The van der Waals surface area contributed by atoms with E-state index in [1.54, 1.807) is 0 Å². The van der Waals surface area contributed by atoms with Crippen LogP contribution >= 0.6 is 0 Å². The van der Waals surface area contributed by atoms with Crippen LogP contribution in [-0.4, -0.2) is 114 Å². The van der Waals surface area contributed by atoms with Gasteiger partial charge in [0.25, 0.3) is 5.91 Å². The molecule has 1 aliphatic rings. The van der Waals surface area contributed by atoms with Crippen molar-refractivity contribution in [3.8, 4) is 11.5 Å². The number of nitrogens with zero attached hydrogens (tertiary/aromatic N) is 1. The van der Waals surface area contributed by atoms with Crippen LogP contribution in [0.5, 0.6) is 11.5 Å². The molecule has 1 saturated heterocycles. The van der Waals surface area contributed by atoms with Crippen molar-refractivity contribution in [3.63, 3.8) is 0 Å². The van der Waals surface area contributed by atoms with Crippen LogP contribution < -0.4 is 21.7 Å². The topological polar surface area (TPSA) is 272 Å². The first kappa shape index (κ1) is 42.6. The predicted molar refractivity (Wildman–Crippen MR) is 192 cm³/mol. The number of unbranched alkanes of at least 4 members (excludes halogenated alkanes) is 4. The Morgan fingerprint density at radius 1 is 0.830 bits per heavy atom. The molecular weight excluding hydrogens is 690 g/mol. The molecule has 0 saturated carbocycles. The van der Waals surface area contributed by atoms with E-state index in [2.05, 4.69) is 22.9 Å². The number of phenols is 2. The first-order chi connectivity index (χ1) is 25.1. The number of hydrogen-bond donors (Lipinski definition) is 10. The molecule has 1 heterocycles. The van der Waals surface area contributed by atoms with Gasteiger partial charge in [0.1, 0.15) is 47.9 Å². The molecule has 8 atom stereocenters. The maximum atomic E-state index is 13.8. The van der Waals surface area contributed by atoms with Crippen LogP contribution in [-0.2, 0) is 30.4 Å². The molecule has 2 aromatic rings. The molecule has 8 unspecified atom stereocenters. The fourth-order valence-electron chi connectivity index (χ4n) is 6.18. The standard InChI is InChI=1S/C37H53N5O11/c1-3-4-5-6-7-9-26(38)32(47)35(50)40-29(21(2)43)36(51)42-19-8-10-28(42)33(48)41-30(31(46)23-13-17-25(45)18-14-23)34(49)39-27(37(52)53)20-22-11-15-24(44)16-12-22/h11-18,21,26-32,43-47H,3-10,19-20,38H2,1-2H3,(H,39,49)(H,40,50)(H,41,48)(H,52,53). The van der Waals surface area contributed by atoms with Gasteiger partial charge in [-0.05, 0) is 61.6 Å². The molecule has 0 bridgehead atoms. The van der Waals surface area contributed by atoms with Crippen molar-refractivity contribution >= 4 is 29.6 Å². The molecule has 0 spiro atoms. The van der Waals surface area contributed by atoms with E-state index in [0.29, 0.717) is 24.8 Å². The van der Waals surface area contributed by atoms with Gasteiger partial charge in [-0.2, -0.15) is 0 Å². The Bertz CT molecular complexity index is 1520. The minimum absolute atomic E-state index is 0.0426. The van der Waals surface area contributed by atoms with Crippen molar-refractivity contribution in [2.75, 3.05) is 6.54 Å². The maximum absolute atomic E-state index is 13.8. The predicted octanol–water partition coefficient (Wildman–Crippen LogP) is 0.333. The second kappa shape index (κ2) is 20.5. The Morgan fingerprint density at radius 3 is 2.02 bits per heavy atom. The molecule has 0 aromatic heterocycles. The van der Waals surface area contributed by atoms with Crippen LogP contribution in [0.25, 0.3) is 0 Å². The number of likely N-dealkylation sites (tertiary alicyclic amines) is 1. The molecular formula is C37H53N5O11. The van der Waals surface area contributed by atoms with Crippen LogP contribution in [0.15, 0.2) is 48.5 Å². The Kier molecular flexibility index (Phi) is 16.5. The lowest BCUT2D eigenvalue weighted by Gasteiger charge is -2.32. The number of amides is 4. The van der Waals surface area contributed by atoms with Crippen LogP contribution in [0.1, 0.15) is 82.4 Å². The maximum Gasteiger partial charge on any atom is 0.326 e.